The Kier molecular flexibility index (Phi) is 4.94. The molecule has 104 valence electrons. The number of amides is 2. The van der Waals surface area contributed by atoms with Crippen LogP contribution in [-0.2, 0) is 0 Å². The number of hydrogen-bond donors (Lipinski definition) is 2. The fraction of sp³-hybridized carbons (Fsp3) is 0.615. The van der Waals surface area contributed by atoms with Crippen molar-refractivity contribution in [2.75, 3.05) is 31.5 Å². The molecule has 0 bridgehead atoms. The second kappa shape index (κ2) is 6.92. The summed E-state index contributed by atoms with van der Waals surface area (Å²) in [5.74, 6) is 1.19. The number of urea groups is 1. The molecule has 1 unspecified atom stereocenters. The van der Waals surface area contributed by atoms with Crippen molar-refractivity contribution in [1.29, 1.82) is 0 Å². The molecule has 1 atom stereocenters. The lowest BCUT2D eigenvalue weighted by molar-refractivity contribution is 0.170. The monoisotopic (exact) mass is 263 g/mol. The molecular weight excluding hydrogens is 242 g/mol. The van der Waals surface area contributed by atoms with Crippen LogP contribution in [0.15, 0.2) is 18.5 Å². The van der Waals surface area contributed by atoms with E-state index in [1.165, 1.54) is 6.42 Å². The van der Waals surface area contributed by atoms with Crippen molar-refractivity contribution in [2.24, 2.45) is 5.92 Å². The van der Waals surface area contributed by atoms with Crippen LogP contribution in [0.3, 0.4) is 0 Å². The Morgan fingerprint density at radius 1 is 1.42 bits per heavy atom. The van der Waals surface area contributed by atoms with Crippen LogP contribution < -0.4 is 10.6 Å². The van der Waals surface area contributed by atoms with Gasteiger partial charge in [0, 0.05) is 38.6 Å². The van der Waals surface area contributed by atoms with Crippen LogP contribution in [0, 0.1) is 5.92 Å². The number of anilines is 1. The summed E-state index contributed by atoms with van der Waals surface area (Å²) in [7, 11) is 0. The van der Waals surface area contributed by atoms with E-state index in [0.717, 1.165) is 19.5 Å². The molecule has 0 saturated carbocycles. The average Bonchev–Trinajstić information content (AvgIpc) is 2.44. The maximum atomic E-state index is 11.9. The zero-order valence-corrected chi connectivity index (χ0v) is 11.3. The minimum absolute atomic E-state index is 0.0299. The van der Waals surface area contributed by atoms with Crippen LogP contribution in [0.1, 0.15) is 19.8 Å². The normalized spacial score (nSPS) is 19.0. The highest BCUT2D eigenvalue weighted by atomic mass is 16.2. The number of nitrogens with zero attached hydrogens (tertiary/aromatic N) is 3. The van der Waals surface area contributed by atoms with E-state index >= 15 is 0 Å². The van der Waals surface area contributed by atoms with Crippen molar-refractivity contribution in [3.05, 3.63) is 18.5 Å². The molecule has 1 fully saturated rings. The maximum Gasteiger partial charge on any atom is 0.317 e. The number of hydrogen-bond acceptors (Lipinski definition) is 4. The van der Waals surface area contributed by atoms with Gasteiger partial charge in [0.05, 0.1) is 0 Å². The lowest BCUT2D eigenvalue weighted by Crippen LogP contribution is -2.46. The molecule has 1 aliphatic heterocycles. The molecule has 6 heteroatoms. The van der Waals surface area contributed by atoms with Gasteiger partial charge in [-0.3, -0.25) is 0 Å². The van der Waals surface area contributed by atoms with Crippen molar-refractivity contribution in [2.45, 2.75) is 19.8 Å². The third kappa shape index (κ3) is 4.39. The summed E-state index contributed by atoms with van der Waals surface area (Å²) < 4.78 is 0. The zero-order valence-electron chi connectivity index (χ0n) is 11.3. The van der Waals surface area contributed by atoms with Crippen LogP contribution in [-0.4, -0.2) is 47.1 Å². The topological polar surface area (TPSA) is 70.2 Å². The molecule has 1 aromatic heterocycles. The minimum Gasteiger partial charge on any atom is -0.352 e. The number of piperidine rings is 1. The number of carbonyl (C=O) groups excluding carboxylic acids is 1. The van der Waals surface area contributed by atoms with Gasteiger partial charge in [-0.1, -0.05) is 6.92 Å². The quantitative estimate of drug-likeness (QED) is 0.804. The summed E-state index contributed by atoms with van der Waals surface area (Å²) in [5.41, 5.74) is 0. The van der Waals surface area contributed by atoms with Crippen LogP contribution in [0.5, 0.6) is 0 Å². The van der Waals surface area contributed by atoms with Gasteiger partial charge in [-0.2, -0.15) is 0 Å². The number of rotatable bonds is 4. The molecule has 2 rings (SSSR count). The van der Waals surface area contributed by atoms with Gasteiger partial charge in [-0.15, -0.1) is 0 Å². The Morgan fingerprint density at radius 3 is 2.95 bits per heavy atom. The molecule has 0 aromatic carbocycles. The summed E-state index contributed by atoms with van der Waals surface area (Å²) in [6, 6.07) is 1.80. The highest BCUT2D eigenvalue weighted by Gasteiger charge is 2.20. The first-order chi connectivity index (χ1) is 9.25. The summed E-state index contributed by atoms with van der Waals surface area (Å²) >= 11 is 0. The van der Waals surface area contributed by atoms with Crippen LogP contribution in [0.2, 0.25) is 0 Å². The first-order valence-corrected chi connectivity index (χ1v) is 6.79. The summed E-state index contributed by atoms with van der Waals surface area (Å²) in [6.07, 6.45) is 5.69. The number of nitrogens with one attached hydrogen (secondary N) is 2. The van der Waals surface area contributed by atoms with Gasteiger partial charge < -0.3 is 15.5 Å². The Hall–Kier alpha value is -1.85. The lowest BCUT2D eigenvalue weighted by atomic mass is 10.0. The van der Waals surface area contributed by atoms with Crippen molar-refractivity contribution in [1.82, 2.24) is 20.2 Å². The van der Waals surface area contributed by atoms with E-state index in [4.69, 9.17) is 0 Å². The second-order valence-corrected chi connectivity index (χ2v) is 4.92. The van der Waals surface area contributed by atoms with Crippen molar-refractivity contribution in [3.63, 3.8) is 0 Å². The third-order valence-electron chi connectivity index (χ3n) is 3.19. The van der Waals surface area contributed by atoms with Crippen molar-refractivity contribution >= 4 is 12.0 Å². The predicted molar refractivity (Wildman–Crippen MR) is 73.9 cm³/mol. The van der Waals surface area contributed by atoms with Gasteiger partial charge in [-0.05, 0) is 24.8 Å². The Balaban J connectivity index is 1.64. The van der Waals surface area contributed by atoms with Crippen molar-refractivity contribution in [3.8, 4) is 0 Å². The van der Waals surface area contributed by atoms with E-state index in [-0.39, 0.29) is 6.03 Å². The Bertz CT molecular complexity index is 397. The van der Waals surface area contributed by atoms with Crippen LogP contribution in [0.4, 0.5) is 10.7 Å². The first-order valence-electron chi connectivity index (χ1n) is 6.79. The third-order valence-corrected chi connectivity index (χ3v) is 3.19. The van der Waals surface area contributed by atoms with Gasteiger partial charge in [-0.25, -0.2) is 14.8 Å². The molecule has 2 N–H and O–H groups in total. The highest BCUT2D eigenvalue weighted by molar-refractivity contribution is 5.74. The molecule has 2 heterocycles. The summed E-state index contributed by atoms with van der Waals surface area (Å²) in [5, 5.41) is 5.97. The number of carbonyl (C=O) groups is 1. The molecule has 2 amide bonds. The zero-order chi connectivity index (χ0) is 13.5. The fourth-order valence-electron chi connectivity index (χ4n) is 2.22. The standard InChI is InChI=1S/C13H21N5O/c1-11-4-2-9-18(10-11)13(19)17-8-7-16-12-14-5-3-6-15-12/h3,5-6,11H,2,4,7-10H2,1H3,(H,17,19)(H,14,15,16). The van der Waals surface area contributed by atoms with Gasteiger partial charge in [0.25, 0.3) is 0 Å². The number of aromatic nitrogens is 2. The highest BCUT2D eigenvalue weighted by Crippen LogP contribution is 2.14. The van der Waals surface area contributed by atoms with E-state index in [2.05, 4.69) is 27.5 Å². The molecular formula is C13H21N5O. The molecule has 1 aromatic rings. The van der Waals surface area contributed by atoms with E-state index in [0.29, 0.717) is 25.0 Å². The molecule has 1 aliphatic rings. The van der Waals surface area contributed by atoms with E-state index in [1.54, 1.807) is 18.5 Å². The van der Waals surface area contributed by atoms with Gasteiger partial charge >= 0.3 is 6.03 Å². The predicted octanol–water partition coefficient (Wildman–Crippen LogP) is 1.33. The number of likely N-dealkylation sites (tertiary alicyclic amines) is 1. The van der Waals surface area contributed by atoms with Gasteiger partial charge in [0.15, 0.2) is 0 Å². The van der Waals surface area contributed by atoms with E-state index < -0.39 is 0 Å². The molecule has 19 heavy (non-hydrogen) atoms. The average molecular weight is 263 g/mol. The molecule has 0 aliphatic carbocycles. The Labute approximate surface area is 113 Å². The second-order valence-electron chi connectivity index (χ2n) is 4.92. The lowest BCUT2D eigenvalue weighted by Gasteiger charge is -2.30. The molecule has 6 nitrogen and oxygen atoms in total. The van der Waals surface area contributed by atoms with Gasteiger partial charge in [0.2, 0.25) is 5.95 Å². The Morgan fingerprint density at radius 2 is 2.21 bits per heavy atom. The summed E-state index contributed by atoms with van der Waals surface area (Å²) in [6.45, 7) is 5.11. The first kappa shape index (κ1) is 13.6. The summed E-state index contributed by atoms with van der Waals surface area (Å²) in [4.78, 5) is 21.9. The smallest absolute Gasteiger partial charge is 0.317 e. The maximum absolute atomic E-state index is 11.9. The molecule has 1 saturated heterocycles. The van der Waals surface area contributed by atoms with E-state index in [1.807, 2.05) is 4.90 Å². The fourth-order valence-corrected chi connectivity index (χ4v) is 2.22. The van der Waals surface area contributed by atoms with Crippen LogP contribution >= 0.6 is 0 Å². The minimum atomic E-state index is 0.0299. The van der Waals surface area contributed by atoms with Crippen molar-refractivity contribution < 1.29 is 4.79 Å². The molecule has 0 radical (unpaired) electrons. The van der Waals surface area contributed by atoms with Gasteiger partial charge in [0.1, 0.15) is 0 Å². The largest absolute Gasteiger partial charge is 0.352 e. The van der Waals surface area contributed by atoms with Crippen LogP contribution in [0.25, 0.3) is 0 Å². The van der Waals surface area contributed by atoms with E-state index in [9.17, 15) is 4.79 Å². The SMILES string of the molecule is CC1CCCN(C(=O)NCCNc2ncccn2)C1. The molecule has 0 spiro atoms.